The third-order valence-corrected chi connectivity index (χ3v) is 4.31. The predicted octanol–water partition coefficient (Wildman–Crippen LogP) is 5.35. The molecule has 0 unspecified atom stereocenters. The first-order valence-electron chi connectivity index (χ1n) is 7.36. The molecule has 0 saturated carbocycles. The first-order valence-corrected chi connectivity index (χ1v) is 8.24. The van der Waals surface area contributed by atoms with E-state index in [0.717, 1.165) is 23.5 Å². The van der Waals surface area contributed by atoms with Crippen LogP contribution in [0.2, 0.25) is 0 Å². The molecule has 0 fully saturated rings. The summed E-state index contributed by atoms with van der Waals surface area (Å²) < 4.78 is 39.1. The fraction of sp³-hybridized carbons (Fsp3) is 0.0588. The lowest BCUT2D eigenvalue weighted by Crippen LogP contribution is -2.08. The van der Waals surface area contributed by atoms with Crippen molar-refractivity contribution >= 4 is 27.8 Å². The van der Waals surface area contributed by atoms with Gasteiger partial charge in [0.25, 0.3) is 5.69 Å². The molecule has 0 radical (unpaired) electrons. The van der Waals surface area contributed by atoms with Crippen molar-refractivity contribution in [2.45, 2.75) is 6.18 Å². The van der Waals surface area contributed by atoms with Crippen molar-refractivity contribution in [1.82, 2.24) is 4.98 Å². The summed E-state index contributed by atoms with van der Waals surface area (Å²) in [6, 6.07) is 10.7. The van der Waals surface area contributed by atoms with E-state index < -0.39 is 22.2 Å². The Hall–Kier alpha value is -3.45. The van der Waals surface area contributed by atoms with E-state index in [9.17, 15) is 23.3 Å². The number of halogens is 3. The van der Waals surface area contributed by atoms with Crippen LogP contribution in [0.3, 0.4) is 0 Å². The molecule has 3 aromatic rings. The minimum atomic E-state index is -4.65. The van der Waals surface area contributed by atoms with E-state index in [1.165, 1.54) is 30.3 Å². The molecule has 1 aromatic heterocycles. The molecule has 0 atom stereocenters. The van der Waals surface area contributed by atoms with Crippen LogP contribution in [0, 0.1) is 21.4 Å². The molecular formula is C17H9F3N4O2S. The lowest BCUT2D eigenvalue weighted by molar-refractivity contribution is -0.384. The van der Waals surface area contributed by atoms with Gasteiger partial charge < -0.3 is 5.32 Å². The second-order valence-corrected chi connectivity index (χ2v) is 6.20. The fourth-order valence-electron chi connectivity index (χ4n) is 2.32. The first-order chi connectivity index (χ1) is 12.8. The zero-order chi connectivity index (χ0) is 19.6. The maximum absolute atomic E-state index is 13.0. The van der Waals surface area contributed by atoms with Crippen LogP contribution in [0.15, 0.2) is 47.8 Å². The zero-order valence-electron chi connectivity index (χ0n) is 13.3. The Morgan fingerprint density at radius 2 is 2.00 bits per heavy atom. The molecule has 1 heterocycles. The van der Waals surface area contributed by atoms with Crippen LogP contribution in [0.5, 0.6) is 0 Å². The number of hydrogen-bond donors (Lipinski definition) is 1. The summed E-state index contributed by atoms with van der Waals surface area (Å²) in [6.07, 6.45) is -4.65. The van der Waals surface area contributed by atoms with E-state index in [4.69, 9.17) is 5.26 Å². The second kappa shape index (κ2) is 7.05. The minimum Gasteiger partial charge on any atom is -0.332 e. The fourth-order valence-corrected chi connectivity index (χ4v) is 3.06. The van der Waals surface area contributed by atoms with Crippen LogP contribution in [0.4, 0.5) is 29.7 Å². The molecule has 3 rings (SSSR count). The Bertz CT molecular complexity index is 1060. The molecule has 27 heavy (non-hydrogen) atoms. The highest BCUT2D eigenvalue weighted by Crippen LogP contribution is 2.35. The number of alkyl halides is 3. The van der Waals surface area contributed by atoms with Crippen molar-refractivity contribution in [3.8, 4) is 17.3 Å². The molecule has 0 bridgehead atoms. The van der Waals surface area contributed by atoms with E-state index in [-0.39, 0.29) is 11.4 Å². The highest BCUT2D eigenvalue weighted by atomic mass is 32.1. The topological polar surface area (TPSA) is 91.8 Å². The number of rotatable bonds is 4. The number of thiazole rings is 1. The Labute approximate surface area is 154 Å². The van der Waals surface area contributed by atoms with Crippen molar-refractivity contribution in [2.75, 3.05) is 5.32 Å². The number of aromatic nitrogens is 1. The van der Waals surface area contributed by atoms with E-state index >= 15 is 0 Å². The normalized spacial score (nSPS) is 11.0. The molecule has 0 aliphatic rings. The lowest BCUT2D eigenvalue weighted by Gasteiger charge is -2.11. The van der Waals surface area contributed by atoms with Gasteiger partial charge in [-0.2, -0.15) is 18.4 Å². The predicted molar refractivity (Wildman–Crippen MR) is 93.6 cm³/mol. The van der Waals surface area contributed by atoms with Gasteiger partial charge in [0.2, 0.25) is 0 Å². The number of nitro groups is 1. The maximum atomic E-state index is 13.0. The van der Waals surface area contributed by atoms with E-state index in [1.807, 2.05) is 0 Å². The Morgan fingerprint density at radius 3 is 2.67 bits per heavy atom. The van der Waals surface area contributed by atoms with Gasteiger partial charge in [0, 0.05) is 28.8 Å². The molecule has 0 saturated heterocycles. The van der Waals surface area contributed by atoms with Crippen molar-refractivity contribution < 1.29 is 18.1 Å². The Balaban J connectivity index is 1.88. The molecule has 6 nitrogen and oxygen atoms in total. The number of hydrogen-bond acceptors (Lipinski definition) is 6. The Kier molecular flexibility index (Phi) is 4.79. The van der Waals surface area contributed by atoms with Crippen molar-refractivity contribution in [3.05, 3.63) is 69.1 Å². The van der Waals surface area contributed by atoms with E-state index in [1.54, 1.807) is 11.4 Å². The third-order valence-electron chi connectivity index (χ3n) is 3.55. The van der Waals surface area contributed by atoms with Crippen LogP contribution in [-0.2, 0) is 6.18 Å². The molecule has 0 aliphatic carbocycles. The largest absolute Gasteiger partial charge is 0.417 e. The molecule has 0 spiro atoms. The SMILES string of the molecule is N#Cc1ccc(Nc2nc(-c3cccc([N+](=O)[O-])c3)cs2)cc1C(F)(F)F. The number of anilines is 2. The first kappa shape index (κ1) is 18.3. The molecule has 2 aromatic carbocycles. The highest BCUT2D eigenvalue weighted by molar-refractivity contribution is 7.14. The van der Waals surface area contributed by atoms with Gasteiger partial charge in [-0.05, 0) is 18.2 Å². The number of nitro benzene ring substituents is 1. The summed E-state index contributed by atoms with van der Waals surface area (Å²) >= 11 is 1.14. The van der Waals surface area contributed by atoms with Crippen molar-refractivity contribution in [3.63, 3.8) is 0 Å². The van der Waals surface area contributed by atoms with Crippen LogP contribution in [0.1, 0.15) is 11.1 Å². The quantitative estimate of drug-likeness (QED) is 0.479. The van der Waals surface area contributed by atoms with Gasteiger partial charge in [-0.1, -0.05) is 12.1 Å². The maximum Gasteiger partial charge on any atom is 0.417 e. The van der Waals surface area contributed by atoms with Crippen molar-refractivity contribution in [1.29, 1.82) is 5.26 Å². The minimum absolute atomic E-state index is 0.0862. The number of nitriles is 1. The summed E-state index contributed by atoms with van der Waals surface area (Å²) in [5.74, 6) is 0. The third kappa shape index (κ3) is 4.04. The van der Waals surface area contributed by atoms with E-state index in [0.29, 0.717) is 16.4 Å². The second-order valence-electron chi connectivity index (χ2n) is 5.34. The van der Waals surface area contributed by atoms with Gasteiger partial charge in [-0.25, -0.2) is 4.98 Å². The number of benzene rings is 2. The summed E-state index contributed by atoms with van der Waals surface area (Å²) in [7, 11) is 0. The molecule has 0 amide bonds. The average Bonchev–Trinajstić information content (AvgIpc) is 3.09. The monoisotopic (exact) mass is 390 g/mol. The summed E-state index contributed by atoms with van der Waals surface area (Å²) in [4.78, 5) is 14.6. The van der Waals surface area contributed by atoms with E-state index in [2.05, 4.69) is 10.3 Å². The molecule has 1 N–H and O–H groups in total. The summed E-state index contributed by atoms with van der Waals surface area (Å²) in [5.41, 5.74) is -0.492. The van der Waals surface area contributed by atoms with Gasteiger partial charge in [-0.3, -0.25) is 10.1 Å². The van der Waals surface area contributed by atoms with Gasteiger partial charge in [0.1, 0.15) is 0 Å². The number of nitrogens with zero attached hydrogens (tertiary/aromatic N) is 3. The van der Waals surface area contributed by atoms with Gasteiger partial charge in [-0.15, -0.1) is 11.3 Å². The van der Waals surface area contributed by atoms with Gasteiger partial charge in [0.15, 0.2) is 5.13 Å². The average molecular weight is 390 g/mol. The molecule has 10 heteroatoms. The highest BCUT2D eigenvalue weighted by Gasteiger charge is 2.33. The van der Waals surface area contributed by atoms with Crippen molar-refractivity contribution in [2.24, 2.45) is 0 Å². The number of nitrogens with one attached hydrogen (secondary N) is 1. The van der Waals surface area contributed by atoms with Crippen LogP contribution in [0.25, 0.3) is 11.3 Å². The standard InChI is InChI=1S/C17H9F3N4O2S/c18-17(19,20)14-7-12(5-4-11(14)8-21)22-16-23-15(9-27-16)10-2-1-3-13(6-10)24(25)26/h1-7,9H,(H,22,23). The molecule has 136 valence electrons. The summed E-state index contributed by atoms with van der Waals surface area (Å²) in [5, 5.41) is 24.4. The summed E-state index contributed by atoms with van der Waals surface area (Å²) in [6.45, 7) is 0. The zero-order valence-corrected chi connectivity index (χ0v) is 14.1. The number of non-ortho nitro benzene ring substituents is 1. The smallest absolute Gasteiger partial charge is 0.332 e. The molecular weight excluding hydrogens is 381 g/mol. The van der Waals surface area contributed by atoms with Crippen LogP contribution < -0.4 is 5.32 Å². The van der Waals surface area contributed by atoms with Crippen LogP contribution in [-0.4, -0.2) is 9.91 Å². The lowest BCUT2D eigenvalue weighted by atomic mass is 10.1. The Morgan fingerprint density at radius 1 is 1.22 bits per heavy atom. The van der Waals surface area contributed by atoms with Gasteiger partial charge in [0.05, 0.1) is 27.8 Å². The molecule has 0 aliphatic heterocycles. The van der Waals surface area contributed by atoms with Gasteiger partial charge >= 0.3 is 6.18 Å². The van der Waals surface area contributed by atoms with Crippen LogP contribution >= 0.6 is 11.3 Å².